The van der Waals surface area contributed by atoms with Crippen LogP contribution in [0.15, 0.2) is 24.5 Å². The fourth-order valence-electron chi connectivity index (χ4n) is 3.71. The summed E-state index contributed by atoms with van der Waals surface area (Å²) < 4.78 is 0. The Morgan fingerprint density at radius 1 is 1.28 bits per heavy atom. The van der Waals surface area contributed by atoms with Gasteiger partial charge in [-0.25, -0.2) is 4.98 Å². The number of carbonyl (C=O) groups is 1. The number of amides is 1. The fraction of sp³-hybridized carbons (Fsp3) is 0.526. The number of hydrogen-bond donors (Lipinski definition) is 1. The number of fused-ring (bicyclic) bond motifs is 1. The van der Waals surface area contributed by atoms with Gasteiger partial charge in [0.1, 0.15) is 5.01 Å². The van der Waals surface area contributed by atoms with Gasteiger partial charge in [0, 0.05) is 48.3 Å². The molecule has 1 aliphatic heterocycles. The van der Waals surface area contributed by atoms with Crippen LogP contribution in [0.2, 0.25) is 0 Å². The molecular weight excluding hydrogens is 332 g/mol. The molecule has 0 saturated carbocycles. The Labute approximate surface area is 152 Å². The highest BCUT2D eigenvalue weighted by molar-refractivity contribution is 7.15. The Hall–Kier alpha value is -1.79. The summed E-state index contributed by atoms with van der Waals surface area (Å²) in [4.78, 5) is 25.1. The molecule has 2 aliphatic rings. The molecule has 0 radical (unpaired) electrons. The molecular formula is C19H24N4OS. The van der Waals surface area contributed by atoms with Gasteiger partial charge in [0.2, 0.25) is 5.91 Å². The van der Waals surface area contributed by atoms with Crippen LogP contribution in [0.5, 0.6) is 0 Å². The van der Waals surface area contributed by atoms with Gasteiger partial charge in [0.05, 0.1) is 5.69 Å². The monoisotopic (exact) mass is 356 g/mol. The van der Waals surface area contributed by atoms with Crippen molar-refractivity contribution in [3.8, 4) is 10.6 Å². The number of nitrogens with one attached hydrogen (secondary N) is 1. The fourth-order valence-corrected chi connectivity index (χ4v) is 4.82. The minimum Gasteiger partial charge on any atom is -0.355 e. The van der Waals surface area contributed by atoms with Gasteiger partial charge in [0.25, 0.3) is 0 Å². The summed E-state index contributed by atoms with van der Waals surface area (Å²) in [6, 6.07) is 3.99. The molecule has 2 aromatic heterocycles. The second kappa shape index (κ2) is 7.62. The largest absolute Gasteiger partial charge is 0.355 e. The van der Waals surface area contributed by atoms with Crippen molar-refractivity contribution in [2.24, 2.45) is 5.92 Å². The van der Waals surface area contributed by atoms with Gasteiger partial charge in [-0.1, -0.05) is 0 Å². The minimum absolute atomic E-state index is 0.0680. The molecule has 1 fully saturated rings. The third kappa shape index (κ3) is 3.90. The van der Waals surface area contributed by atoms with Gasteiger partial charge < -0.3 is 10.2 Å². The van der Waals surface area contributed by atoms with Crippen molar-refractivity contribution >= 4 is 17.2 Å². The van der Waals surface area contributed by atoms with E-state index in [1.165, 1.54) is 30.8 Å². The number of aryl methyl sites for hydroxylation is 1. The molecule has 3 heterocycles. The molecule has 1 N–H and O–H groups in total. The zero-order valence-corrected chi connectivity index (χ0v) is 15.2. The number of nitrogens with zero attached hydrogens (tertiary/aromatic N) is 3. The molecule has 1 saturated heterocycles. The van der Waals surface area contributed by atoms with Crippen LogP contribution in [0.4, 0.5) is 0 Å². The van der Waals surface area contributed by atoms with E-state index in [0.29, 0.717) is 0 Å². The van der Waals surface area contributed by atoms with Crippen LogP contribution in [-0.4, -0.2) is 47.0 Å². The van der Waals surface area contributed by atoms with Crippen molar-refractivity contribution in [2.75, 3.05) is 26.2 Å². The number of thiazole rings is 1. The Bertz CT molecular complexity index is 724. The first-order valence-corrected chi connectivity index (χ1v) is 10.0. The van der Waals surface area contributed by atoms with Crippen molar-refractivity contribution in [3.63, 3.8) is 0 Å². The number of rotatable bonds is 5. The van der Waals surface area contributed by atoms with Gasteiger partial charge in [-0.05, 0) is 50.9 Å². The lowest BCUT2D eigenvalue weighted by Gasteiger charge is -2.21. The minimum atomic E-state index is 0.0680. The number of likely N-dealkylation sites (tertiary alicyclic amines) is 1. The normalized spacial score (nSPS) is 20.4. The molecule has 0 spiro atoms. The second-order valence-corrected chi connectivity index (χ2v) is 7.99. The molecule has 25 heavy (non-hydrogen) atoms. The molecule has 1 atom stereocenters. The third-order valence-corrected chi connectivity index (χ3v) is 6.37. The number of aromatic nitrogens is 2. The lowest BCUT2D eigenvalue weighted by molar-refractivity contribution is -0.125. The van der Waals surface area contributed by atoms with Crippen molar-refractivity contribution in [1.82, 2.24) is 20.2 Å². The summed E-state index contributed by atoms with van der Waals surface area (Å²) >= 11 is 1.76. The Morgan fingerprint density at radius 2 is 2.08 bits per heavy atom. The molecule has 132 valence electrons. The lowest BCUT2D eigenvalue weighted by Crippen LogP contribution is -2.38. The maximum atomic E-state index is 12.5. The molecule has 1 amide bonds. The highest BCUT2D eigenvalue weighted by atomic mass is 32.1. The molecule has 2 aromatic rings. The summed E-state index contributed by atoms with van der Waals surface area (Å²) in [5.41, 5.74) is 2.23. The maximum Gasteiger partial charge on any atom is 0.223 e. The molecule has 1 aliphatic carbocycles. The van der Waals surface area contributed by atoms with Crippen molar-refractivity contribution in [2.45, 2.75) is 32.1 Å². The first-order chi connectivity index (χ1) is 12.3. The molecule has 0 bridgehead atoms. The standard InChI is InChI=1S/C19H24N4OS/c24-18(21-9-12-23-10-1-2-11-23)15-3-4-17-16(13-15)22-19(25-17)14-5-7-20-8-6-14/h5-8,15H,1-4,9-13H2,(H,21,24). The van der Waals surface area contributed by atoms with Crippen LogP contribution >= 0.6 is 11.3 Å². The van der Waals surface area contributed by atoms with E-state index in [-0.39, 0.29) is 11.8 Å². The number of carbonyl (C=O) groups excluding carboxylic acids is 1. The van der Waals surface area contributed by atoms with Gasteiger partial charge in [-0.15, -0.1) is 11.3 Å². The highest BCUT2D eigenvalue weighted by Gasteiger charge is 2.27. The third-order valence-electron chi connectivity index (χ3n) is 5.16. The first kappa shape index (κ1) is 16.7. The van der Waals surface area contributed by atoms with Gasteiger partial charge in [-0.2, -0.15) is 0 Å². The van der Waals surface area contributed by atoms with Crippen molar-refractivity contribution in [1.29, 1.82) is 0 Å². The Morgan fingerprint density at radius 3 is 2.88 bits per heavy atom. The van der Waals surface area contributed by atoms with Gasteiger partial charge >= 0.3 is 0 Å². The molecule has 4 rings (SSSR count). The van der Waals surface area contributed by atoms with Crippen LogP contribution in [0, 0.1) is 5.92 Å². The van der Waals surface area contributed by atoms with E-state index in [0.717, 1.165) is 48.6 Å². The Balaban J connectivity index is 1.34. The SMILES string of the molecule is O=C(NCCN1CCCC1)C1CCc2sc(-c3ccncc3)nc2C1. The second-order valence-electron chi connectivity index (χ2n) is 6.90. The Kier molecular flexibility index (Phi) is 5.08. The van der Waals surface area contributed by atoms with E-state index in [2.05, 4.69) is 15.2 Å². The van der Waals surface area contributed by atoms with E-state index in [1.54, 1.807) is 23.7 Å². The van der Waals surface area contributed by atoms with Crippen LogP contribution in [0.3, 0.4) is 0 Å². The zero-order valence-electron chi connectivity index (χ0n) is 14.4. The van der Waals surface area contributed by atoms with Crippen molar-refractivity contribution in [3.05, 3.63) is 35.1 Å². The van der Waals surface area contributed by atoms with E-state index in [1.807, 2.05) is 12.1 Å². The quantitative estimate of drug-likeness (QED) is 0.894. The smallest absolute Gasteiger partial charge is 0.223 e. The molecule has 0 aromatic carbocycles. The van der Waals surface area contributed by atoms with Crippen LogP contribution in [0.1, 0.15) is 29.8 Å². The van der Waals surface area contributed by atoms with E-state index >= 15 is 0 Å². The molecule has 6 heteroatoms. The number of hydrogen-bond acceptors (Lipinski definition) is 5. The van der Waals surface area contributed by atoms with Crippen LogP contribution < -0.4 is 5.32 Å². The molecule has 1 unspecified atom stereocenters. The summed E-state index contributed by atoms with van der Waals surface area (Å²) in [6.45, 7) is 4.10. The van der Waals surface area contributed by atoms with Crippen molar-refractivity contribution < 1.29 is 4.79 Å². The zero-order chi connectivity index (χ0) is 17.1. The topological polar surface area (TPSA) is 58.1 Å². The average molecular weight is 356 g/mol. The lowest BCUT2D eigenvalue weighted by atomic mass is 9.90. The summed E-state index contributed by atoms with van der Waals surface area (Å²) in [5, 5.41) is 4.18. The summed E-state index contributed by atoms with van der Waals surface area (Å²) in [5.74, 6) is 0.266. The van der Waals surface area contributed by atoms with Crippen LogP contribution in [-0.2, 0) is 17.6 Å². The highest BCUT2D eigenvalue weighted by Crippen LogP contribution is 2.34. The predicted octanol–water partition coefficient (Wildman–Crippen LogP) is 2.52. The van der Waals surface area contributed by atoms with E-state index in [9.17, 15) is 4.79 Å². The van der Waals surface area contributed by atoms with Gasteiger partial charge in [0.15, 0.2) is 0 Å². The van der Waals surface area contributed by atoms with Crippen LogP contribution in [0.25, 0.3) is 10.6 Å². The van der Waals surface area contributed by atoms with Gasteiger partial charge in [-0.3, -0.25) is 9.78 Å². The first-order valence-electron chi connectivity index (χ1n) is 9.18. The van der Waals surface area contributed by atoms with E-state index < -0.39 is 0 Å². The maximum absolute atomic E-state index is 12.5. The summed E-state index contributed by atoms with van der Waals surface area (Å²) in [7, 11) is 0. The number of pyridine rings is 1. The summed E-state index contributed by atoms with van der Waals surface area (Å²) in [6.07, 6.45) is 8.85. The molecule has 5 nitrogen and oxygen atoms in total. The van der Waals surface area contributed by atoms with E-state index in [4.69, 9.17) is 4.98 Å². The average Bonchev–Trinajstić information content (AvgIpc) is 3.31. The predicted molar refractivity (Wildman–Crippen MR) is 99.5 cm³/mol.